The van der Waals surface area contributed by atoms with Gasteiger partial charge in [-0.25, -0.2) is 9.37 Å². The molecule has 27 heavy (non-hydrogen) atoms. The number of thiazole rings is 1. The Morgan fingerprint density at radius 1 is 1.33 bits per heavy atom. The highest BCUT2D eigenvalue weighted by Gasteiger charge is 2.19. The van der Waals surface area contributed by atoms with Gasteiger partial charge >= 0.3 is 0 Å². The summed E-state index contributed by atoms with van der Waals surface area (Å²) in [4.78, 5) is 35.7. The van der Waals surface area contributed by atoms with Crippen molar-refractivity contribution in [2.24, 2.45) is 0 Å². The fourth-order valence-corrected chi connectivity index (χ4v) is 4.16. The Kier molecular flexibility index (Phi) is 4.79. The zero-order valence-electron chi connectivity index (χ0n) is 14.1. The van der Waals surface area contributed by atoms with Gasteiger partial charge in [0.2, 0.25) is 5.91 Å². The molecule has 0 bridgehead atoms. The lowest BCUT2D eigenvalue weighted by Crippen LogP contribution is -2.27. The molecular formula is C17H15ClFN5O2S. The second-order valence-corrected chi connectivity index (χ2v) is 7.58. The zero-order chi connectivity index (χ0) is 19.0. The molecule has 1 saturated heterocycles. The number of amides is 1. The van der Waals surface area contributed by atoms with Gasteiger partial charge in [0.15, 0.2) is 10.8 Å². The molecule has 0 spiro atoms. The SMILES string of the molecule is O=C(Cn1cnc2nc(N3CCCC3)sc2c1=O)Nc1ccc(F)cc1Cl. The highest BCUT2D eigenvalue weighted by Crippen LogP contribution is 2.28. The molecular weight excluding hydrogens is 393 g/mol. The quantitative estimate of drug-likeness (QED) is 0.719. The lowest BCUT2D eigenvalue weighted by Gasteiger charge is -2.11. The fraction of sp³-hybridized carbons (Fsp3) is 0.294. The van der Waals surface area contributed by atoms with Gasteiger partial charge in [0.05, 0.1) is 10.7 Å². The molecule has 0 atom stereocenters. The van der Waals surface area contributed by atoms with Crippen LogP contribution in [0, 0.1) is 5.82 Å². The molecule has 1 aliphatic heterocycles. The van der Waals surface area contributed by atoms with Crippen LogP contribution in [-0.4, -0.2) is 33.5 Å². The van der Waals surface area contributed by atoms with E-state index in [1.165, 1.54) is 34.4 Å². The molecule has 0 unspecified atom stereocenters. The molecule has 4 rings (SSSR count). The van der Waals surface area contributed by atoms with E-state index in [2.05, 4.69) is 20.2 Å². The van der Waals surface area contributed by atoms with Crippen LogP contribution in [0.5, 0.6) is 0 Å². The minimum atomic E-state index is -0.497. The van der Waals surface area contributed by atoms with E-state index < -0.39 is 11.7 Å². The molecule has 1 aliphatic rings. The second-order valence-electron chi connectivity index (χ2n) is 6.19. The Bertz CT molecular complexity index is 1080. The van der Waals surface area contributed by atoms with Crippen molar-refractivity contribution in [1.82, 2.24) is 14.5 Å². The molecule has 2 aromatic heterocycles. The number of rotatable bonds is 4. The Hall–Kier alpha value is -2.52. The fourth-order valence-electron chi connectivity index (χ4n) is 2.93. The molecule has 7 nitrogen and oxygen atoms in total. The average Bonchev–Trinajstić information content (AvgIpc) is 3.29. The monoisotopic (exact) mass is 407 g/mol. The van der Waals surface area contributed by atoms with E-state index in [4.69, 9.17) is 11.6 Å². The van der Waals surface area contributed by atoms with Crippen molar-refractivity contribution >= 4 is 50.0 Å². The molecule has 140 valence electrons. The third-order valence-corrected chi connectivity index (χ3v) is 5.67. The second kappa shape index (κ2) is 7.24. The summed E-state index contributed by atoms with van der Waals surface area (Å²) in [5, 5.41) is 3.44. The predicted octanol–water partition coefficient (Wildman–Crippen LogP) is 2.88. The van der Waals surface area contributed by atoms with Crippen molar-refractivity contribution in [3.8, 4) is 0 Å². The summed E-state index contributed by atoms with van der Waals surface area (Å²) in [5.41, 5.74) is 0.354. The van der Waals surface area contributed by atoms with Gasteiger partial charge in [-0.3, -0.25) is 14.2 Å². The Balaban J connectivity index is 1.55. The van der Waals surface area contributed by atoms with Crippen LogP contribution < -0.4 is 15.8 Å². The standard InChI is InChI=1S/C17H15ClFN5O2S/c18-11-7-10(19)3-4-12(11)21-13(25)8-24-9-20-15-14(16(24)26)27-17(22-15)23-5-1-2-6-23/h3-4,7,9H,1-2,5-6,8H2,(H,21,25). The van der Waals surface area contributed by atoms with Gasteiger partial charge in [-0.05, 0) is 31.0 Å². The first-order valence-electron chi connectivity index (χ1n) is 8.37. The van der Waals surface area contributed by atoms with Gasteiger partial charge in [0.1, 0.15) is 23.4 Å². The van der Waals surface area contributed by atoms with Gasteiger partial charge in [-0.15, -0.1) is 0 Å². The number of carbonyl (C=O) groups is 1. The Labute approximate surface area is 162 Å². The number of fused-ring (bicyclic) bond motifs is 1. The van der Waals surface area contributed by atoms with Crippen LogP contribution in [0.4, 0.5) is 15.2 Å². The number of carbonyl (C=O) groups excluding carboxylic acids is 1. The number of benzene rings is 1. The largest absolute Gasteiger partial charge is 0.348 e. The smallest absolute Gasteiger partial charge is 0.273 e. The maximum atomic E-state index is 13.1. The number of halogens is 2. The van der Waals surface area contributed by atoms with E-state index in [9.17, 15) is 14.0 Å². The number of nitrogens with one attached hydrogen (secondary N) is 1. The molecule has 1 fully saturated rings. The minimum absolute atomic E-state index is 0.0852. The van der Waals surface area contributed by atoms with Crippen LogP contribution in [0.15, 0.2) is 29.3 Å². The first-order valence-corrected chi connectivity index (χ1v) is 9.56. The maximum Gasteiger partial charge on any atom is 0.273 e. The molecule has 3 aromatic rings. The van der Waals surface area contributed by atoms with Crippen LogP contribution in [0.2, 0.25) is 5.02 Å². The molecule has 10 heteroatoms. The Morgan fingerprint density at radius 2 is 2.11 bits per heavy atom. The van der Waals surface area contributed by atoms with E-state index in [0.717, 1.165) is 37.1 Å². The molecule has 0 saturated carbocycles. The molecule has 1 N–H and O–H groups in total. The number of nitrogens with zero attached hydrogens (tertiary/aromatic N) is 4. The maximum absolute atomic E-state index is 13.1. The summed E-state index contributed by atoms with van der Waals surface area (Å²) < 4.78 is 14.7. The van der Waals surface area contributed by atoms with Gasteiger partial charge in [0.25, 0.3) is 5.56 Å². The highest BCUT2D eigenvalue weighted by atomic mass is 35.5. The summed E-state index contributed by atoms with van der Waals surface area (Å²) in [6, 6.07) is 3.66. The van der Waals surface area contributed by atoms with Crippen LogP contribution in [0.1, 0.15) is 12.8 Å². The lowest BCUT2D eigenvalue weighted by molar-refractivity contribution is -0.116. The highest BCUT2D eigenvalue weighted by molar-refractivity contribution is 7.22. The molecule has 0 aliphatic carbocycles. The van der Waals surface area contributed by atoms with Crippen molar-refractivity contribution < 1.29 is 9.18 Å². The Morgan fingerprint density at radius 3 is 2.85 bits per heavy atom. The molecule has 1 aromatic carbocycles. The van der Waals surface area contributed by atoms with Crippen molar-refractivity contribution in [2.45, 2.75) is 19.4 Å². The first kappa shape index (κ1) is 17.9. The van der Waals surface area contributed by atoms with Gasteiger partial charge in [0, 0.05) is 13.1 Å². The summed E-state index contributed by atoms with van der Waals surface area (Å²) in [7, 11) is 0. The van der Waals surface area contributed by atoms with E-state index in [-0.39, 0.29) is 22.8 Å². The van der Waals surface area contributed by atoms with Crippen LogP contribution in [0.25, 0.3) is 10.3 Å². The van der Waals surface area contributed by atoms with Crippen molar-refractivity contribution in [3.05, 3.63) is 45.7 Å². The minimum Gasteiger partial charge on any atom is -0.348 e. The summed E-state index contributed by atoms with van der Waals surface area (Å²) in [6.45, 7) is 1.62. The molecule has 0 radical (unpaired) electrons. The zero-order valence-corrected chi connectivity index (χ0v) is 15.7. The lowest BCUT2D eigenvalue weighted by atomic mass is 10.3. The van der Waals surface area contributed by atoms with E-state index in [1.807, 2.05) is 0 Å². The van der Waals surface area contributed by atoms with Crippen LogP contribution in [-0.2, 0) is 11.3 Å². The third kappa shape index (κ3) is 3.65. The summed E-state index contributed by atoms with van der Waals surface area (Å²) in [6.07, 6.45) is 3.53. The van der Waals surface area contributed by atoms with Gasteiger partial charge in [-0.2, -0.15) is 4.98 Å². The molecule has 3 heterocycles. The van der Waals surface area contributed by atoms with Gasteiger partial charge in [-0.1, -0.05) is 22.9 Å². The first-order chi connectivity index (χ1) is 13.0. The summed E-state index contributed by atoms with van der Waals surface area (Å²) >= 11 is 7.20. The average molecular weight is 408 g/mol. The van der Waals surface area contributed by atoms with E-state index >= 15 is 0 Å². The number of anilines is 2. The van der Waals surface area contributed by atoms with E-state index in [1.54, 1.807) is 0 Å². The predicted molar refractivity (Wildman–Crippen MR) is 103 cm³/mol. The van der Waals surface area contributed by atoms with E-state index in [0.29, 0.717) is 10.3 Å². The number of hydrogen-bond donors (Lipinski definition) is 1. The van der Waals surface area contributed by atoms with Gasteiger partial charge < -0.3 is 10.2 Å². The van der Waals surface area contributed by atoms with Crippen LogP contribution in [0.3, 0.4) is 0 Å². The number of aromatic nitrogens is 3. The van der Waals surface area contributed by atoms with Crippen molar-refractivity contribution in [1.29, 1.82) is 0 Å². The van der Waals surface area contributed by atoms with Crippen molar-refractivity contribution in [3.63, 3.8) is 0 Å². The molecule has 1 amide bonds. The third-order valence-electron chi connectivity index (χ3n) is 4.27. The van der Waals surface area contributed by atoms with Crippen LogP contribution >= 0.6 is 22.9 Å². The topological polar surface area (TPSA) is 80.1 Å². The summed E-state index contributed by atoms with van der Waals surface area (Å²) in [5.74, 6) is -0.959. The number of hydrogen-bond acceptors (Lipinski definition) is 6. The van der Waals surface area contributed by atoms with Crippen molar-refractivity contribution in [2.75, 3.05) is 23.3 Å². The normalized spacial score (nSPS) is 14.1.